The van der Waals surface area contributed by atoms with Gasteiger partial charge in [-0.15, -0.1) is 5.10 Å². The van der Waals surface area contributed by atoms with Gasteiger partial charge < -0.3 is 10.3 Å². The first-order chi connectivity index (χ1) is 14.4. The number of rotatable bonds is 6. The number of imidazole rings is 1. The first-order valence-corrected chi connectivity index (χ1v) is 10.5. The second-order valence-corrected chi connectivity index (χ2v) is 7.55. The van der Waals surface area contributed by atoms with Crippen LogP contribution in [0.5, 0.6) is 0 Å². The summed E-state index contributed by atoms with van der Waals surface area (Å²) in [6.45, 7) is 4.03. The van der Waals surface area contributed by atoms with E-state index in [9.17, 15) is 9.18 Å². The number of nitrogens with zero attached hydrogens (tertiary/aromatic N) is 5. The molecule has 0 aliphatic rings. The Morgan fingerprint density at radius 3 is 2.73 bits per heavy atom. The van der Waals surface area contributed by atoms with Gasteiger partial charge in [-0.3, -0.25) is 4.79 Å². The van der Waals surface area contributed by atoms with Crippen LogP contribution in [0.4, 0.5) is 4.39 Å². The second kappa shape index (κ2) is 8.23. The number of hydrogen-bond acceptors (Lipinski definition) is 6. The summed E-state index contributed by atoms with van der Waals surface area (Å²) in [5.41, 5.74) is 4.01. The molecule has 0 bridgehead atoms. The third-order valence-electron chi connectivity index (χ3n) is 4.79. The molecule has 0 aliphatic heterocycles. The van der Waals surface area contributed by atoms with Gasteiger partial charge in [-0.25, -0.2) is 18.9 Å². The Hall–Kier alpha value is -3.27. The minimum atomic E-state index is -0.292. The molecule has 0 spiro atoms. The van der Waals surface area contributed by atoms with E-state index >= 15 is 0 Å². The standard InChI is InChI=1S/C20H20FN7OS/c1-11-15(12(2)28-19(24-11)26-20(27-28)30-3)8-18(29)23-10-17-22-9-16(25-17)13-4-6-14(21)7-5-13/h4-7,9H,8,10H2,1-3H3,(H,22,25)(H,23,29). The minimum absolute atomic E-state index is 0.146. The van der Waals surface area contributed by atoms with Crippen LogP contribution in [0.3, 0.4) is 0 Å². The van der Waals surface area contributed by atoms with Gasteiger partial charge >= 0.3 is 0 Å². The zero-order chi connectivity index (χ0) is 21.3. The van der Waals surface area contributed by atoms with Crippen molar-refractivity contribution in [1.82, 2.24) is 34.9 Å². The van der Waals surface area contributed by atoms with Gasteiger partial charge in [0.2, 0.25) is 11.1 Å². The van der Waals surface area contributed by atoms with Crippen LogP contribution in [-0.4, -0.2) is 41.7 Å². The summed E-state index contributed by atoms with van der Waals surface area (Å²) in [6.07, 6.45) is 3.75. The van der Waals surface area contributed by atoms with Gasteiger partial charge in [0.05, 0.1) is 24.9 Å². The molecule has 154 valence electrons. The van der Waals surface area contributed by atoms with E-state index in [1.54, 1.807) is 22.8 Å². The molecule has 4 rings (SSSR count). The maximum atomic E-state index is 13.1. The number of carbonyl (C=O) groups excluding carboxylic acids is 1. The highest BCUT2D eigenvalue weighted by Gasteiger charge is 2.16. The summed E-state index contributed by atoms with van der Waals surface area (Å²) in [5.74, 6) is 0.708. The molecule has 3 aromatic heterocycles. The molecule has 3 heterocycles. The fourth-order valence-corrected chi connectivity index (χ4v) is 3.50. The van der Waals surface area contributed by atoms with Crippen LogP contribution in [0.1, 0.15) is 22.8 Å². The van der Waals surface area contributed by atoms with E-state index in [1.807, 2.05) is 20.1 Å². The summed E-state index contributed by atoms with van der Waals surface area (Å²) >= 11 is 1.44. The Labute approximate surface area is 176 Å². The average Bonchev–Trinajstić information content (AvgIpc) is 3.37. The maximum Gasteiger partial charge on any atom is 0.253 e. The number of H-pyrrole nitrogens is 1. The van der Waals surface area contributed by atoms with E-state index in [0.717, 1.165) is 28.2 Å². The number of halogens is 1. The summed E-state index contributed by atoms with van der Waals surface area (Å²) in [5, 5.41) is 7.92. The first-order valence-electron chi connectivity index (χ1n) is 9.28. The fourth-order valence-electron chi connectivity index (χ4n) is 3.17. The smallest absolute Gasteiger partial charge is 0.253 e. The van der Waals surface area contributed by atoms with Gasteiger partial charge in [0.1, 0.15) is 11.6 Å². The molecular weight excluding hydrogens is 405 g/mol. The van der Waals surface area contributed by atoms with Crippen LogP contribution < -0.4 is 5.32 Å². The lowest BCUT2D eigenvalue weighted by atomic mass is 10.1. The molecule has 0 fully saturated rings. The Balaban J connectivity index is 1.43. The Morgan fingerprint density at radius 1 is 1.23 bits per heavy atom. The van der Waals surface area contributed by atoms with Gasteiger partial charge in [-0.2, -0.15) is 4.98 Å². The van der Waals surface area contributed by atoms with E-state index in [0.29, 0.717) is 16.8 Å². The molecule has 8 nitrogen and oxygen atoms in total. The molecule has 0 saturated carbocycles. The van der Waals surface area contributed by atoms with Gasteiger partial charge in [-0.05, 0) is 49.9 Å². The van der Waals surface area contributed by atoms with Crippen molar-refractivity contribution < 1.29 is 9.18 Å². The largest absolute Gasteiger partial charge is 0.349 e. The number of benzene rings is 1. The molecule has 0 aliphatic carbocycles. The van der Waals surface area contributed by atoms with Crippen LogP contribution in [-0.2, 0) is 17.8 Å². The van der Waals surface area contributed by atoms with Crippen molar-refractivity contribution in [3.8, 4) is 11.3 Å². The topological polar surface area (TPSA) is 101 Å². The number of fused-ring (bicyclic) bond motifs is 1. The molecular formula is C20H20FN7OS. The van der Waals surface area contributed by atoms with Crippen molar-refractivity contribution in [2.45, 2.75) is 32.0 Å². The van der Waals surface area contributed by atoms with Crippen molar-refractivity contribution in [3.05, 3.63) is 59.1 Å². The Morgan fingerprint density at radius 2 is 2.00 bits per heavy atom. The predicted molar refractivity (Wildman–Crippen MR) is 112 cm³/mol. The van der Waals surface area contributed by atoms with E-state index < -0.39 is 0 Å². The molecule has 10 heteroatoms. The lowest BCUT2D eigenvalue weighted by Gasteiger charge is -2.10. The lowest BCUT2D eigenvalue weighted by Crippen LogP contribution is -2.26. The van der Waals surface area contributed by atoms with Gasteiger partial charge in [0.15, 0.2) is 0 Å². The third-order valence-corrected chi connectivity index (χ3v) is 5.32. The number of nitrogens with one attached hydrogen (secondary N) is 2. The number of amides is 1. The summed E-state index contributed by atoms with van der Waals surface area (Å²) in [4.78, 5) is 28.8. The van der Waals surface area contributed by atoms with Crippen molar-refractivity contribution in [2.75, 3.05) is 6.26 Å². The summed E-state index contributed by atoms with van der Waals surface area (Å²) in [7, 11) is 0. The quantitative estimate of drug-likeness (QED) is 0.461. The van der Waals surface area contributed by atoms with Crippen LogP contribution in [0.2, 0.25) is 0 Å². The van der Waals surface area contributed by atoms with E-state index in [-0.39, 0.29) is 24.7 Å². The number of aryl methyl sites for hydroxylation is 2. The zero-order valence-electron chi connectivity index (χ0n) is 16.7. The highest BCUT2D eigenvalue weighted by molar-refractivity contribution is 7.98. The SMILES string of the molecule is CSc1nc2nc(C)c(CC(=O)NCc3ncc(-c4ccc(F)cc4)[nH]3)c(C)n2n1. The van der Waals surface area contributed by atoms with Gasteiger partial charge in [0.25, 0.3) is 5.78 Å². The Bertz CT molecular complexity index is 1220. The monoisotopic (exact) mass is 425 g/mol. The first kappa shape index (κ1) is 20.0. The lowest BCUT2D eigenvalue weighted by molar-refractivity contribution is -0.120. The van der Waals surface area contributed by atoms with Gasteiger partial charge in [-0.1, -0.05) is 11.8 Å². The van der Waals surface area contributed by atoms with E-state index in [2.05, 4.69) is 30.4 Å². The molecule has 0 atom stereocenters. The molecule has 1 amide bonds. The van der Waals surface area contributed by atoms with Crippen LogP contribution in [0.15, 0.2) is 35.6 Å². The summed E-state index contributed by atoms with van der Waals surface area (Å²) < 4.78 is 14.7. The predicted octanol–water partition coefficient (Wildman–Crippen LogP) is 2.85. The second-order valence-electron chi connectivity index (χ2n) is 6.78. The molecule has 0 radical (unpaired) electrons. The molecule has 2 N–H and O–H groups in total. The van der Waals surface area contributed by atoms with Crippen molar-refractivity contribution in [3.63, 3.8) is 0 Å². The average molecular weight is 425 g/mol. The molecule has 0 unspecified atom stereocenters. The van der Waals surface area contributed by atoms with Crippen molar-refractivity contribution in [1.29, 1.82) is 0 Å². The number of aromatic nitrogens is 6. The van der Waals surface area contributed by atoms with E-state index in [4.69, 9.17) is 0 Å². The van der Waals surface area contributed by atoms with Crippen LogP contribution in [0, 0.1) is 19.7 Å². The minimum Gasteiger partial charge on any atom is -0.349 e. The number of carbonyl (C=O) groups is 1. The molecule has 30 heavy (non-hydrogen) atoms. The maximum absolute atomic E-state index is 13.1. The normalized spacial score (nSPS) is 11.2. The number of aromatic amines is 1. The number of thioether (sulfide) groups is 1. The third kappa shape index (κ3) is 4.04. The van der Waals surface area contributed by atoms with Crippen LogP contribution in [0.25, 0.3) is 17.0 Å². The molecule has 0 saturated heterocycles. The van der Waals surface area contributed by atoms with Crippen molar-refractivity contribution >= 4 is 23.4 Å². The summed E-state index contributed by atoms with van der Waals surface area (Å²) in [6, 6.07) is 6.13. The van der Waals surface area contributed by atoms with Gasteiger partial charge in [0, 0.05) is 17.0 Å². The zero-order valence-corrected chi connectivity index (χ0v) is 17.5. The molecule has 4 aromatic rings. The highest BCUT2D eigenvalue weighted by atomic mass is 32.2. The Kier molecular flexibility index (Phi) is 5.49. The highest BCUT2D eigenvalue weighted by Crippen LogP contribution is 2.18. The van der Waals surface area contributed by atoms with E-state index in [1.165, 1.54) is 23.9 Å². The molecule has 1 aromatic carbocycles. The van der Waals surface area contributed by atoms with Crippen LogP contribution >= 0.6 is 11.8 Å². The fraction of sp³-hybridized carbons (Fsp3) is 0.250. The van der Waals surface area contributed by atoms with Crippen molar-refractivity contribution in [2.24, 2.45) is 0 Å². The number of hydrogen-bond donors (Lipinski definition) is 2.